The summed E-state index contributed by atoms with van der Waals surface area (Å²) < 4.78 is 11.7. The van der Waals surface area contributed by atoms with Crippen LogP contribution in [0, 0.1) is 0 Å². The first kappa shape index (κ1) is 13.2. The van der Waals surface area contributed by atoms with E-state index in [1.807, 2.05) is 6.07 Å². The Morgan fingerprint density at radius 3 is 3.10 bits per heavy atom. The van der Waals surface area contributed by atoms with E-state index in [2.05, 4.69) is 24.1 Å². The number of hydrogen-bond donors (Lipinski definition) is 1. The third kappa shape index (κ3) is 1.75. The number of phenolic OH excluding ortho intramolecular Hbond substituents is 1. The average Bonchev–Trinajstić information content (AvgIpc) is 2.76. The van der Waals surface area contributed by atoms with Crippen LogP contribution in [0.2, 0.25) is 0 Å². The lowest BCUT2D eigenvalue weighted by Gasteiger charge is -2.36. The molecule has 1 spiro atoms. The van der Waals surface area contributed by atoms with Crippen molar-refractivity contribution in [2.24, 2.45) is 0 Å². The molecule has 0 radical (unpaired) electrons. The number of ether oxygens (including phenoxy) is 2. The second-order valence-electron chi connectivity index (χ2n) is 6.45. The van der Waals surface area contributed by atoms with Crippen LogP contribution in [0.5, 0.6) is 11.5 Å². The van der Waals surface area contributed by atoms with E-state index in [-0.39, 0.29) is 23.4 Å². The predicted molar refractivity (Wildman–Crippen MR) is 79.7 cm³/mol. The van der Waals surface area contributed by atoms with Crippen molar-refractivity contribution in [1.82, 2.24) is 4.90 Å². The van der Waals surface area contributed by atoms with Crippen LogP contribution in [0.25, 0.3) is 0 Å². The number of nitrogens with zero attached hydrogens (tertiary/aromatic N) is 1. The third-order valence-corrected chi connectivity index (χ3v) is 5.23. The molecule has 4 rings (SSSR count). The molecule has 21 heavy (non-hydrogen) atoms. The van der Waals surface area contributed by atoms with E-state index in [1.54, 1.807) is 13.2 Å². The van der Waals surface area contributed by atoms with Gasteiger partial charge in [-0.1, -0.05) is 18.2 Å². The van der Waals surface area contributed by atoms with Gasteiger partial charge >= 0.3 is 0 Å². The quantitative estimate of drug-likeness (QED) is 0.804. The van der Waals surface area contributed by atoms with E-state index in [9.17, 15) is 5.11 Å². The summed E-state index contributed by atoms with van der Waals surface area (Å²) in [5.41, 5.74) is 2.36. The van der Waals surface area contributed by atoms with Crippen LogP contribution in [0.4, 0.5) is 0 Å². The molecule has 1 aliphatic carbocycles. The Hall–Kier alpha value is -1.52. The molecular weight excluding hydrogens is 266 g/mol. The van der Waals surface area contributed by atoms with Crippen molar-refractivity contribution in [2.45, 2.75) is 37.0 Å². The highest BCUT2D eigenvalue weighted by Gasteiger charge is 2.52. The van der Waals surface area contributed by atoms with Gasteiger partial charge in [-0.3, -0.25) is 0 Å². The molecule has 1 aromatic rings. The normalized spacial score (nSPS) is 34.0. The minimum Gasteiger partial charge on any atom is -0.504 e. The first-order chi connectivity index (χ1) is 10.1. The van der Waals surface area contributed by atoms with Gasteiger partial charge in [0.05, 0.1) is 11.5 Å². The zero-order chi connectivity index (χ0) is 14.6. The highest BCUT2D eigenvalue weighted by molar-refractivity contribution is 5.60. The van der Waals surface area contributed by atoms with Crippen molar-refractivity contribution >= 4 is 0 Å². The molecule has 4 nitrogen and oxygen atoms in total. The van der Waals surface area contributed by atoms with E-state index >= 15 is 0 Å². The fourth-order valence-corrected chi connectivity index (χ4v) is 4.09. The molecule has 112 valence electrons. The highest BCUT2D eigenvalue weighted by atomic mass is 16.5. The first-order valence-electron chi connectivity index (χ1n) is 7.57. The summed E-state index contributed by atoms with van der Waals surface area (Å²) in [6, 6.07) is 3.80. The Morgan fingerprint density at radius 2 is 2.29 bits per heavy atom. The third-order valence-electron chi connectivity index (χ3n) is 5.23. The lowest BCUT2D eigenvalue weighted by atomic mass is 9.69. The molecule has 1 aromatic carbocycles. The van der Waals surface area contributed by atoms with Gasteiger partial charge in [-0.25, -0.2) is 0 Å². The van der Waals surface area contributed by atoms with Crippen molar-refractivity contribution in [3.8, 4) is 11.5 Å². The summed E-state index contributed by atoms with van der Waals surface area (Å²) in [6.45, 7) is 1.93. The Kier molecular flexibility index (Phi) is 2.81. The molecule has 0 saturated carbocycles. The first-order valence-corrected chi connectivity index (χ1v) is 7.57. The van der Waals surface area contributed by atoms with Gasteiger partial charge in [0.25, 0.3) is 0 Å². The summed E-state index contributed by atoms with van der Waals surface area (Å²) in [7, 11) is 3.89. The number of aromatic hydroxyl groups is 1. The summed E-state index contributed by atoms with van der Waals surface area (Å²) in [4.78, 5) is 2.34. The standard InChI is InChI=1S/C17H21NO3/c1-18-8-7-17-6-5-12(20-2)9-14(17)21-16-13(19)4-3-11(10-18)15(16)17/h3-6,12,14,19H,7-10H2,1-2H3. The Bertz CT molecular complexity index is 612. The van der Waals surface area contributed by atoms with Crippen molar-refractivity contribution in [1.29, 1.82) is 0 Å². The Morgan fingerprint density at radius 1 is 1.43 bits per heavy atom. The monoisotopic (exact) mass is 287 g/mol. The van der Waals surface area contributed by atoms with Crippen LogP contribution in [0.15, 0.2) is 24.3 Å². The second kappa shape index (κ2) is 4.49. The zero-order valence-corrected chi connectivity index (χ0v) is 12.5. The minimum absolute atomic E-state index is 0.0565. The smallest absolute Gasteiger partial charge is 0.165 e. The topological polar surface area (TPSA) is 41.9 Å². The summed E-state index contributed by atoms with van der Waals surface area (Å²) >= 11 is 0. The fourth-order valence-electron chi connectivity index (χ4n) is 4.09. The fraction of sp³-hybridized carbons (Fsp3) is 0.529. The van der Waals surface area contributed by atoms with Crippen molar-refractivity contribution in [3.05, 3.63) is 35.4 Å². The Labute approximate surface area is 125 Å². The second-order valence-corrected chi connectivity index (χ2v) is 6.45. The molecule has 4 heteroatoms. The minimum atomic E-state index is -0.108. The van der Waals surface area contributed by atoms with Crippen LogP contribution in [0.1, 0.15) is 24.0 Å². The molecule has 2 aliphatic heterocycles. The zero-order valence-electron chi connectivity index (χ0n) is 12.5. The van der Waals surface area contributed by atoms with E-state index in [0.29, 0.717) is 5.75 Å². The van der Waals surface area contributed by atoms with Gasteiger partial charge in [0, 0.05) is 25.6 Å². The van der Waals surface area contributed by atoms with E-state index in [0.717, 1.165) is 25.9 Å². The molecule has 2 heterocycles. The summed E-state index contributed by atoms with van der Waals surface area (Å²) in [6.07, 6.45) is 6.44. The number of hydrogen-bond acceptors (Lipinski definition) is 4. The van der Waals surface area contributed by atoms with Crippen LogP contribution in [0.3, 0.4) is 0 Å². The summed E-state index contributed by atoms with van der Waals surface area (Å²) in [5.74, 6) is 0.948. The molecule has 0 aromatic heterocycles. The van der Waals surface area contributed by atoms with Crippen LogP contribution >= 0.6 is 0 Å². The predicted octanol–water partition coefficient (Wildman–Crippen LogP) is 2.20. The Balaban J connectivity index is 1.91. The van der Waals surface area contributed by atoms with Gasteiger partial charge in [0.1, 0.15) is 6.10 Å². The molecule has 0 fully saturated rings. The van der Waals surface area contributed by atoms with Gasteiger partial charge in [-0.05, 0) is 31.6 Å². The largest absolute Gasteiger partial charge is 0.504 e. The number of benzene rings is 1. The molecule has 0 amide bonds. The maximum absolute atomic E-state index is 10.2. The van der Waals surface area contributed by atoms with Crippen LogP contribution in [-0.2, 0) is 16.7 Å². The molecular formula is C17H21NO3. The molecule has 3 aliphatic rings. The van der Waals surface area contributed by atoms with Gasteiger partial charge in [0.2, 0.25) is 0 Å². The molecule has 0 saturated heterocycles. The average molecular weight is 287 g/mol. The van der Waals surface area contributed by atoms with E-state index in [1.165, 1.54) is 11.1 Å². The maximum Gasteiger partial charge on any atom is 0.165 e. The molecule has 3 atom stereocenters. The van der Waals surface area contributed by atoms with Gasteiger partial charge < -0.3 is 19.5 Å². The number of phenols is 1. The number of rotatable bonds is 1. The van der Waals surface area contributed by atoms with Gasteiger partial charge in [-0.15, -0.1) is 0 Å². The molecule has 0 bridgehead atoms. The molecule has 1 N–H and O–H groups in total. The van der Waals surface area contributed by atoms with Crippen LogP contribution < -0.4 is 4.74 Å². The van der Waals surface area contributed by atoms with Crippen molar-refractivity contribution < 1.29 is 14.6 Å². The maximum atomic E-state index is 10.2. The van der Waals surface area contributed by atoms with E-state index in [4.69, 9.17) is 9.47 Å². The van der Waals surface area contributed by atoms with Crippen LogP contribution in [-0.4, -0.2) is 42.9 Å². The summed E-state index contributed by atoms with van der Waals surface area (Å²) in [5, 5.41) is 10.2. The van der Waals surface area contributed by atoms with Crippen molar-refractivity contribution in [2.75, 3.05) is 20.7 Å². The SMILES string of the molecule is COC1C=CC23CCN(C)Cc4ccc(O)c(c42)OC3C1. The van der Waals surface area contributed by atoms with Crippen molar-refractivity contribution in [3.63, 3.8) is 0 Å². The lowest BCUT2D eigenvalue weighted by molar-refractivity contribution is 0.0551. The van der Waals surface area contributed by atoms with E-state index < -0.39 is 0 Å². The van der Waals surface area contributed by atoms with Gasteiger partial charge in [0.15, 0.2) is 11.5 Å². The van der Waals surface area contributed by atoms with Gasteiger partial charge in [-0.2, -0.15) is 0 Å². The highest BCUT2D eigenvalue weighted by Crippen LogP contribution is 2.55. The lowest BCUT2D eigenvalue weighted by Crippen LogP contribution is -2.43. The molecule has 3 unspecified atom stereocenters. The number of methoxy groups -OCH3 is 1.